The number of ether oxygens (including phenoxy) is 3. The molecule has 6 nitrogen and oxygen atoms in total. The lowest BCUT2D eigenvalue weighted by Gasteiger charge is -2.05. The minimum absolute atomic E-state index is 0.0651. The first-order chi connectivity index (χ1) is 10.6. The van der Waals surface area contributed by atoms with Gasteiger partial charge < -0.3 is 18.6 Å². The molecule has 22 heavy (non-hydrogen) atoms. The van der Waals surface area contributed by atoms with E-state index in [2.05, 4.69) is 4.74 Å². The number of carbonyl (C=O) groups excluding carboxylic acids is 2. The minimum atomic E-state index is -0.579. The monoisotopic (exact) mass is 304 g/mol. The maximum Gasteiger partial charge on any atom is 0.373 e. The molecule has 116 valence electrons. The SMILES string of the molecule is COCc1cccc(C(=O)OCc2ccc(C(=O)OC)o2)c1. The Hall–Kier alpha value is -2.60. The van der Waals surface area contributed by atoms with Crippen molar-refractivity contribution in [2.24, 2.45) is 0 Å². The van der Waals surface area contributed by atoms with Crippen LogP contribution in [0, 0.1) is 0 Å². The highest BCUT2D eigenvalue weighted by atomic mass is 16.6. The van der Waals surface area contributed by atoms with Gasteiger partial charge in [0.25, 0.3) is 0 Å². The van der Waals surface area contributed by atoms with Gasteiger partial charge in [-0.3, -0.25) is 0 Å². The molecule has 0 aliphatic carbocycles. The van der Waals surface area contributed by atoms with Crippen molar-refractivity contribution >= 4 is 11.9 Å². The highest BCUT2D eigenvalue weighted by molar-refractivity contribution is 5.89. The fourth-order valence-electron chi connectivity index (χ4n) is 1.84. The number of benzene rings is 1. The van der Waals surface area contributed by atoms with E-state index in [1.807, 2.05) is 6.07 Å². The van der Waals surface area contributed by atoms with Gasteiger partial charge in [0, 0.05) is 7.11 Å². The quantitative estimate of drug-likeness (QED) is 0.764. The molecule has 0 saturated heterocycles. The molecule has 1 heterocycles. The third kappa shape index (κ3) is 3.95. The zero-order valence-corrected chi connectivity index (χ0v) is 12.3. The Labute approximate surface area is 127 Å². The van der Waals surface area contributed by atoms with E-state index in [0.29, 0.717) is 17.9 Å². The summed E-state index contributed by atoms with van der Waals surface area (Å²) < 4.78 is 19.9. The summed E-state index contributed by atoms with van der Waals surface area (Å²) in [4.78, 5) is 23.2. The number of hydrogen-bond acceptors (Lipinski definition) is 6. The molecule has 0 N–H and O–H groups in total. The molecule has 0 aliphatic rings. The number of carbonyl (C=O) groups is 2. The lowest BCUT2D eigenvalue weighted by Crippen LogP contribution is -2.05. The summed E-state index contributed by atoms with van der Waals surface area (Å²) in [5.74, 6) is -0.628. The Kier molecular flexibility index (Phi) is 5.32. The van der Waals surface area contributed by atoms with Crippen molar-refractivity contribution in [3.05, 3.63) is 59.0 Å². The molecular formula is C16H16O6. The molecule has 0 spiro atoms. The van der Waals surface area contributed by atoms with Gasteiger partial charge in [-0.15, -0.1) is 0 Å². The number of esters is 2. The van der Waals surface area contributed by atoms with Crippen LogP contribution in [0.2, 0.25) is 0 Å². The van der Waals surface area contributed by atoms with E-state index in [9.17, 15) is 9.59 Å². The first-order valence-electron chi connectivity index (χ1n) is 6.56. The molecule has 0 amide bonds. The van der Waals surface area contributed by atoms with Crippen LogP contribution in [0.25, 0.3) is 0 Å². The van der Waals surface area contributed by atoms with Crippen LogP contribution < -0.4 is 0 Å². The van der Waals surface area contributed by atoms with Gasteiger partial charge in [-0.25, -0.2) is 9.59 Å². The van der Waals surface area contributed by atoms with Crippen molar-refractivity contribution in [1.82, 2.24) is 0 Å². The van der Waals surface area contributed by atoms with E-state index in [1.165, 1.54) is 13.2 Å². The van der Waals surface area contributed by atoms with Crippen LogP contribution in [0.15, 0.2) is 40.8 Å². The summed E-state index contributed by atoms with van der Waals surface area (Å²) in [5, 5.41) is 0. The van der Waals surface area contributed by atoms with Crippen molar-refractivity contribution in [2.45, 2.75) is 13.2 Å². The molecule has 0 fully saturated rings. The Bertz CT molecular complexity index is 658. The molecule has 0 bridgehead atoms. The van der Waals surface area contributed by atoms with E-state index in [0.717, 1.165) is 5.56 Å². The van der Waals surface area contributed by atoms with Gasteiger partial charge in [-0.05, 0) is 29.8 Å². The van der Waals surface area contributed by atoms with Crippen LogP contribution in [-0.2, 0) is 27.4 Å². The molecule has 1 aromatic carbocycles. The van der Waals surface area contributed by atoms with Crippen LogP contribution >= 0.6 is 0 Å². The third-order valence-corrected chi connectivity index (χ3v) is 2.87. The van der Waals surface area contributed by atoms with Gasteiger partial charge in [0.05, 0.1) is 19.3 Å². The summed E-state index contributed by atoms with van der Waals surface area (Å²) in [6.45, 7) is 0.353. The predicted octanol–water partition coefficient (Wildman–Crippen LogP) is 2.57. The molecule has 2 rings (SSSR count). The first kappa shape index (κ1) is 15.8. The second-order valence-corrected chi connectivity index (χ2v) is 4.47. The Morgan fingerprint density at radius 2 is 1.86 bits per heavy atom. The lowest BCUT2D eigenvalue weighted by molar-refractivity contribution is 0.0438. The highest BCUT2D eigenvalue weighted by Crippen LogP contribution is 2.13. The van der Waals surface area contributed by atoms with E-state index in [1.54, 1.807) is 31.4 Å². The predicted molar refractivity (Wildman–Crippen MR) is 76.3 cm³/mol. The van der Waals surface area contributed by atoms with Crippen molar-refractivity contribution in [3.8, 4) is 0 Å². The summed E-state index contributed by atoms with van der Waals surface area (Å²) in [7, 11) is 2.85. The van der Waals surface area contributed by atoms with Gasteiger partial charge in [0.2, 0.25) is 5.76 Å². The standard InChI is InChI=1S/C16H16O6/c1-19-9-11-4-3-5-12(8-11)15(17)21-10-13-6-7-14(22-13)16(18)20-2/h3-8H,9-10H2,1-2H3. The summed E-state index contributed by atoms with van der Waals surface area (Å²) in [5.41, 5.74) is 1.30. The highest BCUT2D eigenvalue weighted by Gasteiger charge is 2.13. The first-order valence-corrected chi connectivity index (χ1v) is 6.56. The maximum atomic E-state index is 12.0. The van der Waals surface area contributed by atoms with Crippen molar-refractivity contribution in [3.63, 3.8) is 0 Å². The molecule has 0 aliphatic heterocycles. The average molecular weight is 304 g/mol. The summed E-state index contributed by atoms with van der Waals surface area (Å²) in [6, 6.07) is 10.00. The van der Waals surface area contributed by atoms with Crippen molar-refractivity contribution in [1.29, 1.82) is 0 Å². The van der Waals surface area contributed by atoms with Gasteiger partial charge in [0.1, 0.15) is 12.4 Å². The molecular weight excluding hydrogens is 288 g/mol. The Balaban J connectivity index is 1.96. The van der Waals surface area contributed by atoms with Gasteiger partial charge in [-0.1, -0.05) is 12.1 Å². The zero-order chi connectivity index (χ0) is 15.9. The van der Waals surface area contributed by atoms with Crippen LogP contribution in [0.5, 0.6) is 0 Å². The molecule has 1 aromatic heterocycles. The topological polar surface area (TPSA) is 75.0 Å². The van der Waals surface area contributed by atoms with Gasteiger partial charge in [0.15, 0.2) is 0 Å². The molecule has 0 radical (unpaired) electrons. The minimum Gasteiger partial charge on any atom is -0.463 e. The number of rotatable bonds is 6. The normalized spacial score (nSPS) is 10.3. The third-order valence-electron chi connectivity index (χ3n) is 2.87. The van der Waals surface area contributed by atoms with Crippen molar-refractivity contribution in [2.75, 3.05) is 14.2 Å². The number of hydrogen-bond donors (Lipinski definition) is 0. The zero-order valence-electron chi connectivity index (χ0n) is 12.3. The van der Waals surface area contributed by atoms with Gasteiger partial charge >= 0.3 is 11.9 Å². The molecule has 0 saturated carbocycles. The van der Waals surface area contributed by atoms with Crippen LogP contribution in [0.3, 0.4) is 0 Å². The smallest absolute Gasteiger partial charge is 0.373 e. The molecule has 6 heteroatoms. The second-order valence-electron chi connectivity index (χ2n) is 4.47. The van der Waals surface area contributed by atoms with Gasteiger partial charge in [-0.2, -0.15) is 0 Å². The number of furan rings is 1. The van der Waals surface area contributed by atoms with E-state index in [-0.39, 0.29) is 12.4 Å². The van der Waals surface area contributed by atoms with E-state index in [4.69, 9.17) is 13.9 Å². The Morgan fingerprint density at radius 3 is 2.59 bits per heavy atom. The van der Waals surface area contributed by atoms with Crippen LogP contribution in [0.1, 0.15) is 32.2 Å². The summed E-state index contributed by atoms with van der Waals surface area (Å²) >= 11 is 0. The van der Waals surface area contributed by atoms with E-state index < -0.39 is 11.9 Å². The second kappa shape index (κ2) is 7.42. The molecule has 0 atom stereocenters. The number of methoxy groups -OCH3 is 2. The van der Waals surface area contributed by atoms with Crippen LogP contribution in [0.4, 0.5) is 0 Å². The summed E-state index contributed by atoms with van der Waals surface area (Å²) in [6.07, 6.45) is 0. The fourth-order valence-corrected chi connectivity index (χ4v) is 1.84. The molecule has 2 aromatic rings. The Morgan fingerprint density at radius 1 is 1.05 bits per heavy atom. The van der Waals surface area contributed by atoms with Crippen LogP contribution in [-0.4, -0.2) is 26.2 Å². The average Bonchev–Trinajstić information content (AvgIpc) is 3.01. The molecule has 0 unspecified atom stereocenters. The lowest BCUT2D eigenvalue weighted by atomic mass is 10.1. The maximum absolute atomic E-state index is 12.0. The van der Waals surface area contributed by atoms with Crippen molar-refractivity contribution < 1.29 is 28.2 Å². The van der Waals surface area contributed by atoms with E-state index >= 15 is 0 Å². The largest absolute Gasteiger partial charge is 0.463 e. The fraction of sp³-hybridized carbons (Fsp3) is 0.250.